The van der Waals surface area contributed by atoms with Crippen molar-refractivity contribution < 1.29 is 4.52 Å². The third kappa shape index (κ3) is 1.39. The van der Waals surface area contributed by atoms with Crippen LogP contribution in [0, 0.1) is 6.92 Å². The lowest BCUT2D eigenvalue weighted by atomic mass is 10.1. The molecule has 1 aromatic heterocycles. The molecule has 3 aromatic rings. The average molecular weight is 209 g/mol. The van der Waals surface area contributed by atoms with Gasteiger partial charge in [0, 0.05) is 10.9 Å². The van der Waals surface area contributed by atoms with Gasteiger partial charge in [-0.1, -0.05) is 41.1 Å². The van der Waals surface area contributed by atoms with Gasteiger partial charge in [0.25, 0.3) is 0 Å². The smallest absolute Gasteiger partial charge is 0.174 e. The first kappa shape index (κ1) is 9.16. The van der Waals surface area contributed by atoms with Crippen molar-refractivity contribution in [3.05, 3.63) is 54.1 Å². The summed E-state index contributed by atoms with van der Waals surface area (Å²) in [5.74, 6) is 0.847. The molecule has 3 rings (SSSR count). The van der Waals surface area contributed by atoms with Crippen LogP contribution in [-0.4, -0.2) is 5.16 Å². The van der Waals surface area contributed by atoms with E-state index in [1.807, 2.05) is 36.4 Å². The molecule has 0 aliphatic rings. The number of nitrogens with zero attached hydrogens (tertiary/aromatic N) is 1. The van der Waals surface area contributed by atoms with E-state index in [0.29, 0.717) is 0 Å². The Morgan fingerprint density at radius 1 is 1.00 bits per heavy atom. The van der Waals surface area contributed by atoms with Crippen LogP contribution in [-0.2, 0) is 0 Å². The molecule has 0 unspecified atom stereocenters. The van der Waals surface area contributed by atoms with Crippen molar-refractivity contribution in [2.45, 2.75) is 6.92 Å². The first-order valence-corrected chi connectivity index (χ1v) is 5.26. The molecule has 0 N–H and O–H groups in total. The van der Waals surface area contributed by atoms with Crippen molar-refractivity contribution in [3.8, 4) is 11.3 Å². The number of benzene rings is 2. The molecule has 78 valence electrons. The Labute approximate surface area is 93.5 Å². The van der Waals surface area contributed by atoms with Crippen LogP contribution >= 0.6 is 0 Å². The van der Waals surface area contributed by atoms with Crippen LogP contribution in [0.2, 0.25) is 0 Å². The summed E-state index contributed by atoms with van der Waals surface area (Å²) >= 11 is 0. The van der Waals surface area contributed by atoms with E-state index in [-0.39, 0.29) is 0 Å². The molecule has 0 saturated heterocycles. The monoisotopic (exact) mass is 209 g/mol. The molecule has 0 bridgehead atoms. The summed E-state index contributed by atoms with van der Waals surface area (Å²) in [6.07, 6.45) is 0. The second-order valence-corrected chi connectivity index (χ2v) is 3.90. The minimum absolute atomic E-state index is 0.847. The molecule has 0 aliphatic carbocycles. The van der Waals surface area contributed by atoms with Crippen LogP contribution in [0.25, 0.3) is 22.2 Å². The number of hydrogen-bond donors (Lipinski definition) is 0. The number of aryl methyl sites for hydroxylation is 1. The Morgan fingerprint density at radius 2 is 1.88 bits per heavy atom. The topological polar surface area (TPSA) is 26.0 Å². The van der Waals surface area contributed by atoms with Crippen LogP contribution in [0.3, 0.4) is 0 Å². The maximum absolute atomic E-state index is 5.41. The summed E-state index contributed by atoms with van der Waals surface area (Å²) < 4.78 is 5.41. The zero-order valence-electron chi connectivity index (χ0n) is 8.97. The summed E-state index contributed by atoms with van der Waals surface area (Å²) in [5.41, 5.74) is 3.20. The van der Waals surface area contributed by atoms with Gasteiger partial charge in [-0.2, -0.15) is 0 Å². The Balaban J connectivity index is 2.26. The SMILES string of the molecule is Cc1cccc(-c2onc3ccccc23)c1. The minimum Gasteiger partial charge on any atom is -0.355 e. The first-order chi connectivity index (χ1) is 7.84. The molecule has 2 aromatic carbocycles. The van der Waals surface area contributed by atoms with Crippen molar-refractivity contribution in [1.29, 1.82) is 0 Å². The number of aromatic nitrogens is 1. The van der Waals surface area contributed by atoms with E-state index in [9.17, 15) is 0 Å². The van der Waals surface area contributed by atoms with Gasteiger partial charge in [-0.3, -0.25) is 0 Å². The van der Waals surface area contributed by atoms with E-state index < -0.39 is 0 Å². The Kier molecular flexibility index (Phi) is 2.00. The Bertz CT molecular complexity index is 640. The van der Waals surface area contributed by atoms with Gasteiger partial charge in [0.15, 0.2) is 5.76 Å². The van der Waals surface area contributed by atoms with E-state index in [2.05, 4.69) is 24.2 Å². The predicted molar refractivity (Wildman–Crippen MR) is 64.2 cm³/mol. The van der Waals surface area contributed by atoms with Gasteiger partial charge < -0.3 is 4.52 Å². The number of fused-ring (bicyclic) bond motifs is 1. The number of hydrogen-bond acceptors (Lipinski definition) is 2. The highest BCUT2D eigenvalue weighted by molar-refractivity contribution is 5.91. The lowest BCUT2D eigenvalue weighted by molar-refractivity contribution is 0.441. The van der Waals surface area contributed by atoms with Crippen molar-refractivity contribution in [2.75, 3.05) is 0 Å². The van der Waals surface area contributed by atoms with Crippen LogP contribution in [0.1, 0.15) is 5.56 Å². The quantitative estimate of drug-likeness (QED) is 0.609. The normalized spacial score (nSPS) is 10.8. The van der Waals surface area contributed by atoms with Gasteiger partial charge in [0.1, 0.15) is 5.52 Å². The molecule has 16 heavy (non-hydrogen) atoms. The van der Waals surface area contributed by atoms with Crippen LogP contribution in [0.4, 0.5) is 0 Å². The van der Waals surface area contributed by atoms with E-state index in [1.54, 1.807) is 0 Å². The Hall–Kier alpha value is -2.09. The van der Waals surface area contributed by atoms with Gasteiger partial charge in [-0.15, -0.1) is 0 Å². The average Bonchev–Trinajstić information content (AvgIpc) is 2.72. The van der Waals surface area contributed by atoms with Gasteiger partial charge in [0.2, 0.25) is 0 Å². The lowest BCUT2D eigenvalue weighted by Crippen LogP contribution is -1.77. The molecule has 1 heterocycles. The minimum atomic E-state index is 0.847. The molecule has 2 nitrogen and oxygen atoms in total. The van der Waals surface area contributed by atoms with Crippen LogP contribution in [0.15, 0.2) is 53.1 Å². The highest BCUT2D eigenvalue weighted by Gasteiger charge is 2.09. The van der Waals surface area contributed by atoms with Crippen molar-refractivity contribution in [3.63, 3.8) is 0 Å². The van der Waals surface area contributed by atoms with Crippen LogP contribution in [0.5, 0.6) is 0 Å². The van der Waals surface area contributed by atoms with Gasteiger partial charge in [-0.05, 0) is 25.1 Å². The maximum atomic E-state index is 5.41. The molecule has 0 aliphatic heterocycles. The largest absolute Gasteiger partial charge is 0.355 e. The van der Waals surface area contributed by atoms with Crippen molar-refractivity contribution in [1.82, 2.24) is 5.16 Å². The highest BCUT2D eigenvalue weighted by atomic mass is 16.5. The first-order valence-electron chi connectivity index (χ1n) is 5.26. The predicted octanol–water partition coefficient (Wildman–Crippen LogP) is 3.80. The molecule has 0 saturated carbocycles. The van der Waals surface area contributed by atoms with E-state index >= 15 is 0 Å². The fourth-order valence-electron chi connectivity index (χ4n) is 1.88. The van der Waals surface area contributed by atoms with Crippen molar-refractivity contribution in [2.24, 2.45) is 0 Å². The lowest BCUT2D eigenvalue weighted by Gasteiger charge is -1.97. The molecule has 0 fully saturated rings. The van der Waals surface area contributed by atoms with Crippen LogP contribution < -0.4 is 0 Å². The van der Waals surface area contributed by atoms with E-state index in [0.717, 1.165) is 22.2 Å². The Morgan fingerprint density at radius 3 is 2.75 bits per heavy atom. The molecular formula is C14H11NO. The molecule has 0 atom stereocenters. The fraction of sp³-hybridized carbons (Fsp3) is 0.0714. The van der Waals surface area contributed by atoms with Gasteiger partial charge in [-0.25, -0.2) is 0 Å². The zero-order chi connectivity index (χ0) is 11.0. The molecule has 0 radical (unpaired) electrons. The second kappa shape index (κ2) is 3.49. The summed E-state index contributed by atoms with van der Waals surface area (Å²) in [4.78, 5) is 0. The third-order valence-corrected chi connectivity index (χ3v) is 2.66. The van der Waals surface area contributed by atoms with Crippen molar-refractivity contribution >= 4 is 10.9 Å². The second-order valence-electron chi connectivity index (χ2n) is 3.90. The molecule has 0 spiro atoms. The maximum Gasteiger partial charge on any atom is 0.174 e. The number of rotatable bonds is 1. The molecule has 2 heteroatoms. The standard InChI is InChI=1S/C14H11NO/c1-10-5-4-6-11(9-10)14-12-7-2-3-8-13(12)15-16-14/h2-9H,1H3. The van der Waals surface area contributed by atoms with E-state index in [1.165, 1.54) is 5.56 Å². The summed E-state index contributed by atoms with van der Waals surface area (Å²) in [6, 6.07) is 16.2. The van der Waals surface area contributed by atoms with Gasteiger partial charge in [0.05, 0.1) is 0 Å². The van der Waals surface area contributed by atoms with E-state index in [4.69, 9.17) is 4.52 Å². The summed E-state index contributed by atoms with van der Waals surface area (Å²) in [6.45, 7) is 2.07. The zero-order valence-corrected chi connectivity index (χ0v) is 8.97. The molecule has 0 amide bonds. The highest BCUT2D eigenvalue weighted by Crippen LogP contribution is 2.28. The summed E-state index contributed by atoms with van der Waals surface area (Å²) in [7, 11) is 0. The third-order valence-electron chi connectivity index (χ3n) is 2.66. The van der Waals surface area contributed by atoms with Gasteiger partial charge >= 0.3 is 0 Å². The summed E-state index contributed by atoms with van der Waals surface area (Å²) in [5, 5.41) is 5.11. The molecular weight excluding hydrogens is 198 g/mol. The fourth-order valence-corrected chi connectivity index (χ4v) is 1.88.